The van der Waals surface area contributed by atoms with Crippen molar-refractivity contribution in [1.29, 1.82) is 0 Å². The van der Waals surface area contributed by atoms with Crippen molar-refractivity contribution in [2.24, 2.45) is 0 Å². The van der Waals surface area contributed by atoms with E-state index in [0.29, 0.717) is 10.0 Å². The molecule has 40 heavy (non-hydrogen) atoms. The van der Waals surface area contributed by atoms with Gasteiger partial charge in [-0.3, -0.25) is 39.6 Å². The molecule has 14 nitrogen and oxygen atoms in total. The minimum Gasteiger partial charge on any atom is -0.545 e. The smallest absolute Gasteiger partial charge is 0.280 e. The molecule has 0 atom stereocenters. The topological polar surface area (TPSA) is 213 Å². The van der Waals surface area contributed by atoms with Crippen molar-refractivity contribution < 1.29 is 48.6 Å². The molecule has 2 heterocycles. The molecule has 0 aromatic heterocycles. The maximum absolute atomic E-state index is 12.8. The van der Waals surface area contributed by atoms with Crippen molar-refractivity contribution in [2.75, 3.05) is 0 Å². The van der Waals surface area contributed by atoms with E-state index >= 15 is 0 Å². The van der Waals surface area contributed by atoms with E-state index in [-0.39, 0.29) is 44.5 Å². The molecule has 2 aliphatic heterocycles. The third-order valence-electron chi connectivity index (χ3n) is 6.06. The summed E-state index contributed by atoms with van der Waals surface area (Å²) in [4.78, 5) is 98.2. The zero-order chi connectivity index (χ0) is 28.9. The van der Waals surface area contributed by atoms with Crippen molar-refractivity contribution in [1.82, 2.24) is 20.9 Å². The summed E-state index contributed by atoms with van der Waals surface area (Å²) in [5, 5.41) is 22.9. The average molecular weight is 540 g/mol. The highest BCUT2D eigenvalue weighted by atomic mass is 16.4. The second kappa shape index (κ2) is 9.29. The lowest BCUT2D eigenvalue weighted by Gasteiger charge is -2.16. The first kappa shape index (κ1) is 25.5. The summed E-state index contributed by atoms with van der Waals surface area (Å²) in [6, 6.07) is 11.1. The Morgan fingerprint density at radius 1 is 0.500 bits per heavy atom. The summed E-state index contributed by atoms with van der Waals surface area (Å²) in [6.45, 7) is 0. The number of nitrogens with zero attached hydrogens (tertiary/aromatic N) is 2. The van der Waals surface area contributed by atoms with Gasteiger partial charge in [0.1, 0.15) is 0 Å². The number of aromatic carboxylic acids is 2. The lowest BCUT2D eigenvalue weighted by atomic mass is 10.1. The zero-order valence-electron chi connectivity index (χ0n) is 19.8. The van der Waals surface area contributed by atoms with Crippen LogP contribution < -0.4 is 21.1 Å². The monoisotopic (exact) mass is 540 g/mol. The Kier molecular flexibility index (Phi) is 5.91. The van der Waals surface area contributed by atoms with Crippen LogP contribution in [-0.4, -0.2) is 57.4 Å². The van der Waals surface area contributed by atoms with Crippen LogP contribution in [0.25, 0.3) is 0 Å². The first-order chi connectivity index (χ1) is 19.0. The van der Waals surface area contributed by atoms with Crippen LogP contribution in [0.1, 0.15) is 82.9 Å². The fourth-order valence-corrected chi connectivity index (χ4v) is 4.07. The molecule has 6 amide bonds. The number of imide groups is 2. The van der Waals surface area contributed by atoms with Gasteiger partial charge in [-0.1, -0.05) is 18.2 Å². The fraction of sp³-hybridized carbons (Fsp3) is 0. The number of carboxylic acids is 2. The summed E-state index contributed by atoms with van der Waals surface area (Å²) < 4.78 is 0. The molecular weight excluding hydrogens is 528 g/mol. The molecule has 2 aliphatic rings. The second-order valence-electron chi connectivity index (χ2n) is 8.45. The zero-order valence-corrected chi connectivity index (χ0v) is 19.8. The highest BCUT2D eigenvalue weighted by Gasteiger charge is 2.38. The molecule has 0 fully saturated rings. The van der Waals surface area contributed by atoms with E-state index in [0.717, 1.165) is 42.5 Å². The van der Waals surface area contributed by atoms with Gasteiger partial charge in [0.05, 0.1) is 34.2 Å². The van der Waals surface area contributed by atoms with Crippen molar-refractivity contribution in [3.8, 4) is 0 Å². The summed E-state index contributed by atoms with van der Waals surface area (Å²) >= 11 is 0. The minimum absolute atomic E-state index is 0.142. The van der Waals surface area contributed by atoms with Crippen LogP contribution >= 0.6 is 0 Å². The van der Waals surface area contributed by atoms with E-state index < -0.39 is 47.4 Å². The van der Waals surface area contributed by atoms with Gasteiger partial charge in [0.2, 0.25) is 0 Å². The Hall–Kier alpha value is -6.18. The van der Waals surface area contributed by atoms with Gasteiger partial charge in [-0.05, 0) is 53.6 Å². The maximum Gasteiger partial charge on any atom is 0.280 e. The molecule has 0 spiro atoms. The minimum atomic E-state index is -1.57. The van der Waals surface area contributed by atoms with Gasteiger partial charge >= 0.3 is 0 Å². The third kappa shape index (κ3) is 4.10. The lowest BCUT2D eigenvalue weighted by molar-refractivity contribution is -0.256. The van der Waals surface area contributed by atoms with E-state index in [1.54, 1.807) is 0 Å². The molecule has 5 rings (SSSR count). The molecule has 3 aromatic rings. The standard InChI is InChI=1S/C26H14N4O10/c31-19(27-29-21(33)15-6-4-13(25(37)38)9-17(15)23(29)35)11-2-1-3-12(8-11)20(32)28-30-22(34)16-7-5-14(26(39)40)10-18(16)24(30)36/h1-10H,(H,27,31)(H,28,32)(H,37,38)(H,39,40)/p-2. The molecule has 0 saturated carbocycles. The molecule has 0 unspecified atom stereocenters. The number of hydrogen-bond donors (Lipinski definition) is 2. The van der Waals surface area contributed by atoms with Crippen molar-refractivity contribution >= 4 is 47.4 Å². The van der Waals surface area contributed by atoms with Crippen LogP contribution in [0.15, 0.2) is 60.7 Å². The molecule has 0 aliphatic carbocycles. The largest absolute Gasteiger partial charge is 0.545 e. The van der Waals surface area contributed by atoms with Crippen LogP contribution in [0.5, 0.6) is 0 Å². The predicted octanol–water partition coefficient (Wildman–Crippen LogP) is -1.70. The maximum atomic E-state index is 12.8. The van der Waals surface area contributed by atoms with Crippen LogP contribution in [0.3, 0.4) is 0 Å². The quantitative estimate of drug-likeness (QED) is 0.338. The average Bonchev–Trinajstić information content (AvgIpc) is 3.32. The Bertz CT molecular complexity index is 1620. The second-order valence-corrected chi connectivity index (χ2v) is 8.45. The number of amides is 6. The van der Waals surface area contributed by atoms with Gasteiger partial charge in [-0.15, -0.1) is 0 Å². The Labute approximate surface area is 222 Å². The molecule has 14 heteroatoms. The van der Waals surface area contributed by atoms with Crippen LogP contribution in [-0.2, 0) is 0 Å². The Balaban J connectivity index is 1.31. The molecule has 198 valence electrons. The number of carbonyl (C=O) groups excluding carboxylic acids is 8. The highest BCUT2D eigenvalue weighted by Crippen LogP contribution is 2.24. The van der Waals surface area contributed by atoms with Gasteiger partial charge in [0.15, 0.2) is 0 Å². The van der Waals surface area contributed by atoms with Crippen molar-refractivity contribution in [3.05, 3.63) is 105 Å². The normalized spacial score (nSPS) is 13.7. The van der Waals surface area contributed by atoms with Gasteiger partial charge < -0.3 is 19.8 Å². The summed E-state index contributed by atoms with van der Waals surface area (Å²) in [5.74, 6) is -8.91. The van der Waals surface area contributed by atoms with Gasteiger partial charge in [0.25, 0.3) is 35.4 Å². The van der Waals surface area contributed by atoms with E-state index in [2.05, 4.69) is 10.9 Å². The van der Waals surface area contributed by atoms with Gasteiger partial charge in [-0.2, -0.15) is 10.0 Å². The first-order valence-corrected chi connectivity index (χ1v) is 11.2. The third-order valence-corrected chi connectivity index (χ3v) is 6.06. The highest BCUT2D eigenvalue weighted by molar-refractivity contribution is 6.23. The summed E-state index contributed by atoms with van der Waals surface area (Å²) in [6.07, 6.45) is 0. The molecule has 0 radical (unpaired) electrons. The first-order valence-electron chi connectivity index (χ1n) is 11.2. The molecule has 0 bridgehead atoms. The Morgan fingerprint density at radius 2 is 0.875 bits per heavy atom. The number of carbonyl (C=O) groups is 8. The fourth-order valence-electron chi connectivity index (χ4n) is 4.07. The van der Waals surface area contributed by atoms with Crippen LogP contribution in [0.4, 0.5) is 0 Å². The number of hydrogen-bond acceptors (Lipinski definition) is 10. The van der Waals surface area contributed by atoms with Crippen molar-refractivity contribution in [2.45, 2.75) is 0 Å². The predicted molar refractivity (Wildman–Crippen MR) is 124 cm³/mol. The molecule has 2 N–H and O–H groups in total. The number of carboxylic acid groups (broad SMARTS) is 2. The Morgan fingerprint density at radius 3 is 1.25 bits per heavy atom. The van der Waals surface area contributed by atoms with Gasteiger partial charge in [0, 0.05) is 11.1 Å². The van der Waals surface area contributed by atoms with E-state index in [1.165, 1.54) is 18.2 Å². The number of fused-ring (bicyclic) bond motifs is 2. The molecular formula is C26H12N4O10-2. The van der Waals surface area contributed by atoms with Crippen molar-refractivity contribution in [3.63, 3.8) is 0 Å². The van der Waals surface area contributed by atoms with Crippen LogP contribution in [0, 0.1) is 0 Å². The van der Waals surface area contributed by atoms with E-state index in [4.69, 9.17) is 0 Å². The molecule has 3 aromatic carbocycles. The van der Waals surface area contributed by atoms with Crippen LogP contribution in [0.2, 0.25) is 0 Å². The number of benzene rings is 3. The molecule has 0 saturated heterocycles. The summed E-state index contributed by atoms with van der Waals surface area (Å²) in [7, 11) is 0. The summed E-state index contributed by atoms with van der Waals surface area (Å²) in [5.41, 5.74) is 2.32. The van der Waals surface area contributed by atoms with E-state index in [1.807, 2.05) is 0 Å². The van der Waals surface area contributed by atoms with Gasteiger partial charge in [-0.25, -0.2) is 0 Å². The number of nitrogens with one attached hydrogen (secondary N) is 2. The SMILES string of the molecule is O=C([O-])c1ccc2c(c1)C(=O)N(NC(=O)c1cccc(C(=O)NN3C(=O)c4ccc(C(=O)[O-])cc4C3=O)c1)C2=O. The number of hydrazine groups is 2. The number of rotatable bonds is 6. The van der Waals surface area contributed by atoms with E-state index in [9.17, 15) is 48.6 Å². The lowest BCUT2D eigenvalue weighted by Crippen LogP contribution is -2.46.